The van der Waals surface area contributed by atoms with Gasteiger partial charge in [0.25, 0.3) is 0 Å². The van der Waals surface area contributed by atoms with Crippen molar-refractivity contribution in [3.05, 3.63) is 35.9 Å². The lowest BCUT2D eigenvalue weighted by Crippen LogP contribution is -2.38. The van der Waals surface area contributed by atoms with Crippen molar-refractivity contribution >= 4 is 13.8 Å². The van der Waals surface area contributed by atoms with Crippen LogP contribution < -0.4 is 0 Å². The minimum Gasteiger partial charge on any atom is -0.461 e. The Kier molecular flexibility index (Phi) is 4.55. The molecule has 0 saturated carbocycles. The van der Waals surface area contributed by atoms with Crippen molar-refractivity contribution in [2.24, 2.45) is 5.92 Å². The molecule has 2 aliphatic rings. The van der Waals surface area contributed by atoms with E-state index in [9.17, 15) is 4.79 Å². The van der Waals surface area contributed by atoms with Crippen LogP contribution in [0.15, 0.2) is 30.3 Å². The molecule has 0 N–H and O–H groups in total. The first-order valence-electron chi connectivity index (χ1n) is 8.10. The van der Waals surface area contributed by atoms with E-state index in [0.29, 0.717) is 13.0 Å². The second-order valence-electron chi connectivity index (χ2n) is 6.44. The summed E-state index contributed by atoms with van der Waals surface area (Å²) in [7, 11) is 2.03. The van der Waals surface area contributed by atoms with Gasteiger partial charge in [-0.1, -0.05) is 37.3 Å². The van der Waals surface area contributed by atoms with Crippen LogP contribution in [0.5, 0.6) is 0 Å². The molecule has 2 bridgehead atoms. The van der Waals surface area contributed by atoms with Gasteiger partial charge in [0.2, 0.25) is 0 Å². The Morgan fingerprint density at radius 3 is 2.95 bits per heavy atom. The predicted octanol–water partition coefficient (Wildman–Crippen LogP) is 1.66. The zero-order chi connectivity index (χ0) is 15.6. The smallest absolute Gasteiger partial charge is 0.309 e. The molecule has 2 saturated heterocycles. The number of benzene rings is 1. The first-order chi connectivity index (χ1) is 10.6. The van der Waals surface area contributed by atoms with Crippen molar-refractivity contribution in [1.82, 2.24) is 0 Å². The summed E-state index contributed by atoms with van der Waals surface area (Å²) < 4.78 is 17.5. The van der Waals surface area contributed by atoms with Crippen LogP contribution in [0.3, 0.4) is 0 Å². The van der Waals surface area contributed by atoms with E-state index in [1.54, 1.807) is 0 Å². The lowest BCUT2D eigenvalue weighted by Gasteiger charge is -2.31. The van der Waals surface area contributed by atoms with E-state index < -0.39 is 5.60 Å². The highest BCUT2D eigenvalue weighted by atomic mass is 16.6. The standard InChI is InChI=1S/C17H23BO4/c1-12-15-16(18)22-17(12,8-5-9-20-15)10-14(19)21-11-13-6-3-2-4-7-13/h2-4,6-7,12,15-16H,5,8-11,18H2,1H3/t12?,15-,16+,17+/m0/s1. The fraction of sp³-hybridized carbons (Fsp3) is 0.588. The van der Waals surface area contributed by atoms with Crippen LogP contribution >= 0.6 is 0 Å². The third-order valence-corrected chi connectivity index (χ3v) is 4.95. The molecular weight excluding hydrogens is 279 g/mol. The summed E-state index contributed by atoms with van der Waals surface area (Å²) in [6, 6.07) is 9.79. The summed E-state index contributed by atoms with van der Waals surface area (Å²) in [6.45, 7) is 3.20. The number of carbonyl (C=O) groups excluding carboxylic acids is 1. The molecule has 2 aliphatic heterocycles. The summed E-state index contributed by atoms with van der Waals surface area (Å²) >= 11 is 0. The first-order valence-corrected chi connectivity index (χ1v) is 8.10. The highest BCUT2D eigenvalue weighted by Gasteiger charge is 2.53. The van der Waals surface area contributed by atoms with E-state index >= 15 is 0 Å². The Balaban J connectivity index is 1.62. The van der Waals surface area contributed by atoms with Gasteiger partial charge in [0.15, 0.2) is 0 Å². The maximum Gasteiger partial charge on any atom is 0.309 e. The lowest BCUT2D eigenvalue weighted by molar-refractivity contribution is -0.154. The molecule has 1 aromatic carbocycles. The van der Waals surface area contributed by atoms with Crippen LogP contribution in [0, 0.1) is 5.92 Å². The van der Waals surface area contributed by atoms with Gasteiger partial charge in [-0.15, -0.1) is 0 Å². The minimum atomic E-state index is -0.422. The quantitative estimate of drug-likeness (QED) is 0.627. The maximum absolute atomic E-state index is 12.3. The highest BCUT2D eigenvalue weighted by molar-refractivity contribution is 6.11. The Morgan fingerprint density at radius 2 is 2.18 bits per heavy atom. The van der Waals surface area contributed by atoms with E-state index in [4.69, 9.17) is 14.2 Å². The van der Waals surface area contributed by atoms with Crippen LogP contribution in [0.1, 0.15) is 31.7 Å². The molecule has 0 spiro atoms. The van der Waals surface area contributed by atoms with Crippen LogP contribution in [-0.2, 0) is 25.6 Å². The molecule has 2 heterocycles. The van der Waals surface area contributed by atoms with E-state index in [1.165, 1.54) is 0 Å². The summed E-state index contributed by atoms with van der Waals surface area (Å²) in [4.78, 5) is 12.3. The molecule has 5 heteroatoms. The third kappa shape index (κ3) is 3.06. The molecule has 0 radical (unpaired) electrons. The number of hydrogen-bond acceptors (Lipinski definition) is 4. The van der Waals surface area contributed by atoms with Crippen molar-refractivity contribution in [3.63, 3.8) is 0 Å². The Labute approximate surface area is 132 Å². The number of rotatable bonds is 4. The zero-order valence-corrected chi connectivity index (χ0v) is 13.3. The number of ether oxygens (including phenoxy) is 3. The predicted molar refractivity (Wildman–Crippen MR) is 85.1 cm³/mol. The maximum atomic E-state index is 12.3. The van der Waals surface area contributed by atoms with E-state index in [1.807, 2.05) is 38.2 Å². The average molecular weight is 302 g/mol. The van der Waals surface area contributed by atoms with Gasteiger partial charge < -0.3 is 14.2 Å². The van der Waals surface area contributed by atoms with E-state index in [-0.39, 0.29) is 24.0 Å². The van der Waals surface area contributed by atoms with Gasteiger partial charge in [0.1, 0.15) is 14.5 Å². The second kappa shape index (κ2) is 6.43. The normalized spacial score (nSPS) is 34.1. The van der Waals surface area contributed by atoms with Crippen molar-refractivity contribution in [2.75, 3.05) is 6.61 Å². The van der Waals surface area contributed by atoms with E-state index in [2.05, 4.69) is 6.92 Å². The Hall–Kier alpha value is -1.33. The largest absolute Gasteiger partial charge is 0.461 e. The summed E-state index contributed by atoms with van der Waals surface area (Å²) in [6.07, 6.45) is 2.18. The average Bonchev–Trinajstić information content (AvgIpc) is 2.63. The van der Waals surface area contributed by atoms with Gasteiger partial charge in [-0.05, 0) is 18.4 Å². The van der Waals surface area contributed by atoms with Crippen LogP contribution in [0.4, 0.5) is 0 Å². The van der Waals surface area contributed by atoms with Crippen LogP contribution in [-0.4, -0.2) is 38.1 Å². The molecule has 1 aromatic rings. The summed E-state index contributed by atoms with van der Waals surface area (Å²) in [5, 5.41) is 0. The van der Waals surface area contributed by atoms with Crippen molar-refractivity contribution in [2.45, 2.75) is 50.5 Å². The van der Waals surface area contributed by atoms with Crippen LogP contribution in [0.25, 0.3) is 0 Å². The van der Waals surface area contributed by atoms with Crippen molar-refractivity contribution in [3.8, 4) is 0 Å². The molecule has 0 aliphatic carbocycles. The SMILES string of the molecule is B[C@@H]1O[C@@]2(CC(=O)OCc3ccccc3)CCCO[C@H]1C2C. The molecule has 118 valence electrons. The fourth-order valence-electron chi connectivity index (χ4n) is 3.73. The molecule has 0 aromatic heterocycles. The Morgan fingerprint density at radius 1 is 1.41 bits per heavy atom. The molecule has 4 atom stereocenters. The molecule has 4 nitrogen and oxygen atoms in total. The van der Waals surface area contributed by atoms with Crippen LogP contribution in [0.2, 0.25) is 0 Å². The minimum absolute atomic E-state index is 0.0391. The molecule has 22 heavy (non-hydrogen) atoms. The van der Waals surface area contributed by atoms with Gasteiger partial charge in [-0.3, -0.25) is 4.79 Å². The zero-order valence-electron chi connectivity index (χ0n) is 13.3. The number of fused-ring (bicyclic) bond motifs is 2. The third-order valence-electron chi connectivity index (χ3n) is 4.95. The molecule has 2 fully saturated rings. The molecule has 0 amide bonds. The number of carbonyl (C=O) groups is 1. The lowest BCUT2D eigenvalue weighted by atomic mass is 9.79. The van der Waals surface area contributed by atoms with E-state index in [0.717, 1.165) is 25.0 Å². The molecule has 1 unspecified atom stereocenters. The molecular formula is C17H23BO4. The van der Waals surface area contributed by atoms with Gasteiger partial charge >= 0.3 is 5.97 Å². The number of hydrogen-bond donors (Lipinski definition) is 0. The summed E-state index contributed by atoms with van der Waals surface area (Å²) in [5.41, 5.74) is 0.582. The molecule has 3 rings (SSSR count). The summed E-state index contributed by atoms with van der Waals surface area (Å²) in [5.74, 6) is 0.0275. The highest BCUT2D eigenvalue weighted by Crippen LogP contribution is 2.44. The first kappa shape index (κ1) is 15.6. The van der Waals surface area contributed by atoms with Gasteiger partial charge in [-0.25, -0.2) is 0 Å². The monoisotopic (exact) mass is 302 g/mol. The fourth-order valence-corrected chi connectivity index (χ4v) is 3.73. The van der Waals surface area contributed by atoms with Gasteiger partial charge in [0.05, 0.1) is 24.1 Å². The number of esters is 1. The Bertz CT molecular complexity index is 521. The van der Waals surface area contributed by atoms with Crippen molar-refractivity contribution < 1.29 is 19.0 Å². The van der Waals surface area contributed by atoms with Gasteiger partial charge in [-0.2, -0.15) is 0 Å². The topological polar surface area (TPSA) is 44.8 Å². The second-order valence-corrected chi connectivity index (χ2v) is 6.44. The van der Waals surface area contributed by atoms with Gasteiger partial charge in [0, 0.05) is 12.5 Å². The van der Waals surface area contributed by atoms with Crippen molar-refractivity contribution in [1.29, 1.82) is 0 Å².